The first kappa shape index (κ1) is 21.0. The van der Waals surface area contributed by atoms with Gasteiger partial charge in [0.2, 0.25) is 5.91 Å². The van der Waals surface area contributed by atoms with Gasteiger partial charge in [-0.2, -0.15) is 0 Å². The fraction of sp³-hybridized carbons (Fsp3) is 0.208. The van der Waals surface area contributed by atoms with Crippen LogP contribution in [0.4, 0.5) is 0 Å². The summed E-state index contributed by atoms with van der Waals surface area (Å²) in [5.41, 5.74) is 2.00. The standard InChI is InChI=1S/C24H24N2O4/c27-22(15-20-11-6-10-19-9-4-5-12-21(19)20)26-16-24(29)30-17-23(28)25-14-13-18-7-2-1-3-8-18/h1-12H,13-17H2,(H,25,28)(H,26,27). The van der Waals surface area contributed by atoms with E-state index in [1.165, 1.54) is 0 Å². The molecule has 0 atom stereocenters. The molecule has 6 heteroatoms. The molecular weight excluding hydrogens is 380 g/mol. The highest BCUT2D eigenvalue weighted by atomic mass is 16.5. The van der Waals surface area contributed by atoms with E-state index in [4.69, 9.17) is 4.74 Å². The summed E-state index contributed by atoms with van der Waals surface area (Å²) in [6.45, 7) is -0.185. The molecule has 0 spiro atoms. The Morgan fingerprint density at radius 3 is 2.33 bits per heavy atom. The summed E-state index contributed by atoms with van der Waals surface area (Å²) in [5.74, 6) is -1.31. The van der Waals surface area contributed by atoms with Crippen LogP contribution in [0.15, 0.2) is 72.8 Å². The van der Waals surface area contributed by atoms with Crippen LogP contribution in [0.2, 0.25) is 0 Å². The Hall–Kier alpha value is -3.67. The van der Waals surface area contributed by atoms with Crippen molar-refractivity contribution in [3.05, 3.63) is 83.9 Å². The molecule has 0 aliphatic carbocycles. The van der Waals surface area contributed by atoms with Crippen molar-refractivity contribution in [2.45, 2.75) is 12.8 Å². The summed E-state index contributed by atoms with van der Waals surface area (Å²) in [4.78, 5) is 35.7. The fourth-order valence-corrected chi connectivity index (χ4v) is 3.09. The van der Waals surface area contributed by atoms with Crippen LogP contribution < -0.4 is 10.6 Å². The molecule has 2 amide bonds. The van der Waals surface area contributed by atoms with Crippen LogP contribution in [0.5, 0.6) is 0 Å². The minimum Gasteiger partial charge on any atom is -0.454 e. The topological polar surface area (TPSA) is 84.5 Å². The molecule has 2 N–H and O–H groups in total. The molecule has 0 aliphatic rings. The van der Waals surface area contributed by atoms with E-state index in [-0.39, 0.29) is 31.4 Å². The third-order valence-corrected chi connectivity index (χ3v) is 4.60. The van der Waals surface area contributed by atoms with Crippen LogP contribution in [-0.2, 0) is 32.0 Å². The Kier molecular flexibility index (Phi) is 7.55. The van der Waals surface area contributed by atoms with Gasteiger partial charge >= 0.3 is 5.97 Å². The molecular formula is C24H24N2O4. The maximum Gasteiger partial charge on any atom is 0.325 e. The Morgan fingerprint density at radius 1 is 0.767 bits per heavy atom. The molecule has 0 saturated carbocycles. The van der Waals surface area contributed by atoms with Gasteiger partial charge in [-0.05, 0) is 28.3 Å². The number of benzene rings is 3. The van der Waals surface area contributed by atoms with Crippen molar-refractivity contribution < 1.29 is 19.1 Å². The van der Waals surface area contributed by atoms with Gasteiger partial charge in [-0.1, -0.05) is 72.8 Å². The Morgan fingerprint density at radius 2 is 1.50 bits per heavy atom. The zero-order valence-electron chi connectivity index (χ0n) is 16.6. The number of nitrogens with one attached hydrogen (secondary N) is 2. The predicted molar refractivity (Wildman–Crippen MR) is 115 cm³/mol. The average Bonchev–Trinajstić information content (AvgIpc) is 2.77. The van der Waals surface area contributed by atoms with Crippen molar-refractivity contribution in [2.24, 2.45) is 0 Å². The van der Waals surface area contributed by atoms with E-state index in [2.05, 4.69) is 10.6 Å². The third kappa shape index (κ3) is 6.44. The zero-order chi connectivity index (χ0) is 21.2. The summed E-state index contributed by atoms with van der Waals surface area (Å²) < 4.78 is 4.91. The van der Waals surface area contributed by atoms with E-state index in [9.17, 15) is 14.4 Å². The van der Waals surface area contributed by atoms with Gasteiger partial charge in [0.25, 0.3) is 5.91 Å². The molecule has 30 heavy (non-hydrogen) atoms. The Balaban J connectivity index is 1.35. The Labute approximate surface area is 175 Å². The molecule has 0 saturated heterocycles. The first-order valence-electron chi connectivity index (χ1n) is 9.81. The van der Waals surface area contributed by atoms with Gasteiger partial charge in [0.05, 0.1) is 6.42 Å². The molecule has 6 nitrogen and oxygen atoms in total. The molecule has 3 aromatic rings. The summed E-state index contributed by atoms with van der Waals surface area (Å²) in [7, 11) is 0. The monoisotopic (exact) mass is 404 g/mol. The lowest BCUT2D eigenvalue weighted by atomic mass is 10.0. The lowest BCUT2D eigenvalue weighted by Crippen LogP contribution is -2.35. The van der Waals surface area contributed by atoms with Gasteiger partial charge in [0.15, 0.2) is 6.61 Å². The number of carbonyl (C=O) groups excluding carboxylic acids is 3. The number of rotatable bonds is 9. The van der Waals surface area contributed by atoms with E-state index >= 15 is 0 Å². The van der Waals surface area contributed by atoms with Crippen LogP contribution >= 0.6 is 0 Å². The largest absolute Gasteiger partial charge is 0.454 e. The number of carbonyl (C=O) groups is 3. The summed E-state index contributed by atoms with van der Waals surface area (Å²) in [5, 5.41) is 7.30. The van der Waals surface area contributed by atoms with Crippen LogP contribution in [0.25, 0.3) is 10.8 Å². The highest BCUT2D eigenvalue weighted by Gasteiger charge is 2.11. The number of hydrogen-bond acceptors (Lipinski definition) is 4. The second-order valence-electron chi connectivity index (χ2n) is 6.84. The van der Waals surface area contributed by atoms with Crippen LogP contribution in [0.3, 0.4) is 0 Å². The summed E-state index contributed by atoms with van der Waals surface area (Å²) in [6, 6.07) is 23.4. The molecule has 0 fully saturated rings. The first-order valence-corrected chi connectivity index (χ1v) is 9.81. The van der Waals surface area contributed by atoms with Crippen LogP contribution in [0, 0.1) is 0 Å². The number of ether oxygens (including phenoxy) is 1. The molecule has 3 aromatic carbocycles. The molecule has 0 radical (unpaired) electrons. The molecule has 0 heterocycles. The number of esters is 1. The predicted octanol–water partition coefficient (Wildman–Crippen LogP) is 2.40. The molecule has 0 aliphatic heterocycles. The molecule has 0 aromatic heterocycles. The van der Waals surface area contributed by atoms with Gasteiger partial charge in [-0.3, -0.25) is 14.4 Å². The van der Waals surface area contributed by atoms with Gasteiger partial charge in [0, 0.05) is 6.54 Å². The van der Waals surface area contributed by atoms with Crippen LogP contribution in [0.1, 0.15) is 11.1 Å². The molecule has 0 bridgehead atoms. The number of hydrogen-bond donors (Lipinski definition) is 2. The van der Waals surface area contributed by atoms with Crippen molar-refractivity contribution >= 4 is 28.6 Å². The highest BCUT2D eigenvalue weighted by molar-refractivity contribution is 5.91. The van der Waals surface area contributed by atoms with Crippen molar-refractivity contribution in [3.8, 4) is 0 Å². The second-order valence-corrected chi connectivity index (χ2v) is 6.84. The van der Waals surface area contributed by atoms with Gasteiger partial charge in [0.1, 0.15) is 6.54 Å². The number of fused-ring (bicyclic) bond motifs is 1. The lowest BCUT2D eigenvalue weighted by Gasteiger charge is -2.09. The fourth-order valence-electron chi connectivity index (χ4n) is 3.09. The first-order chi connectivity index (χ1) is 14.6. The van der Waals surface area contributed by atoms with Gasteiger partial charge in [-0.15, -0.1) is 0 Å². The van der Waals surface area contributed by atoms with Crippen LogP contribution in [-0.4, -0.2) is 37.5 Å². The normalized spacial score (nSPS) is 10.4. The van der Waals surface area contributed by atoms with E-state index in [0.29, 0.717) is 13.0 Å². The van der Waals surface area contributed by atoms with Crippen molar-refractivity contribution in [1.29, 1.82) is 0 Å². The minimum absolute atomic E-state index is 0.161. The zero-order valence-corrected chi connectivity index (χ0v) is 16.6. The average molecular weight is 404 g/mol. The maximum atomic E-state index is 12.2. The van der Waals surface area contributed by atoms with Crippen molar-refractivity contribution in [1.82, 2.24) is 10.6 Å². The van der Waals surface area contributed by atoms with Crippen molar-refractivity contribution in [3.63, 3.8) is 0 Å². The van der Waals surface area contributed by atoms with E-state index in [1.54, 1.807) is 0 Å². The van der Waals surface area contributed by atoms with E-state index in [1.807, 2.05) is 72.8 Å². The van der Waals surface area contributed by atoms with E-state index < -0.39 is 5.97 Å². The van der Waals surface area contributed by atoms with Gasteiger partial charge in [-0.25, -0.2) is 0 Å². The smallest absolute Gasteiger partial charge is 0.325 e. The van der Waals surface area contributed by atoms with E-state index in [0.717, 1.165) is 21.9 Å². The lowest BCUT2D eigenvalue weighted by molar-refractivity contribution is -0.148. The summed E-state index contributed by atoms with van der Waals surface area (Å²) in [6.07, 6.45) is 0.860. The maximum absolute atomic E-state index is 12.2. The Bertz CT molecular complexity index is 1010. The quantitative estimate of drug-likeness (QED) is 0.537. The third-order valence-electron chi connectivity index (χ3n) is 4.60. The molecule has 3 rings (SSSR count). The molecule has 154 valence electrons. The SMILES string of the molecule is O=C(COC(=O)CNC(=O)Cc1cccc2ccccc12)NCCc1ccccc1. The number of amides is 2. The highest BCUT2D eigenvalue weighted by Crippen LogP contribution is 2.18. The van der Waals surface area contributed by atoms with Gasteiger partial charge < -0.3 is 15.4 Å². The summed E-state index contributed by atoms with van der Waals surface area (Å²) >= 11 is 0. The second kappa shape index (κ2) is 10.8. The van der Waals surface area contributed by atoms with Crippen molar-refractivity contribution in [2.75, 3.05) is 19.7 Å². The molecule has 0 unspecified atom stereocenters. The minimum atomic E-state index is -0.653.